The fourth-order valence-corrected chi connectivity index (χ4v) is 2.95. The number of guanidine groups is 1. The summed E-state index contributed by atoms with van der Waals surface area (Å²) in [4.78, 5) is 8.89. The third-order valence-electron chi connectivity index (χ3n) is 4.17. The van der Waals surface area contributed by atoms with Crippen molar-refractivity contribution in [1.29, 1.82) is 0 Å². The zero-order chi connectivity index (χ0) is 19.2. The van der Waals surface area contributed by atoms with Crippen LogP contribution >= 0.6 is 24.0 Å². The minimum absolute atomic E-state index is 0. The molecule has 10 heteroatoms. The molecule has 1 aliphatic heterocycles. The number of aromatic nitrogens is 3. The van der Waals surface area contributed by atoms with Crippen molar-refractivity contribution in [3.8, 4) is 5.75 Å². The second-order valence-electron chi connectivity index (χ2n) is 6.32. The van der Waals surface area contributed by atoms with E-state index < -0.39 is 11.6 Å². The Labute approximate surface area is 180 Å². The number of benzene rings is 1. The van der Waals surface area contributed by atoms with E-state index in [0.717, 1.165) is 49.7 Å². The van der Waals surface area contributed by atoms with Crippen molar-refractivity contribution in [2.45, 2.75) is 39.3 Å². The minimum atomic E-state index is -0.925. The third-order valence-corrected chi connectivity index (χ3v) is 4.17. The van der Waals surface area contributed by atoms with E-state index in [1.807, 2.05) is 18.5 Å². The molecule has 1 aliphatic rings. The van der Waals surface area contributed by atoms with Gasteiger partial charge in [0.05, 0.1) is 13.1 Å². The van der Waals surface area contributed by atoms with E-state index in [2.05, 4.69) is 25.7 Å². The van der Waals surface area contributed by atoms with Gasteiger partial charge in [-0.25, -0.2) is 23.4 Å². The first-order valence-electron chi connectivity index (χ1n) is 9.08. The standard InChI is InChI=1S/C18H24F2N6O.HI/c1-3-21-18(22-8-9-27-14-5-6-15(19)16(20)10-14)24-13-4-7-17-23-12(2)25-26(17)11-13;/h5-6,10,13H,3-4,7-9,11H2,1-2H3,(H2,21,22,24);1H. The van der Waals surface area contributed by atoms with Crippen molar-refractivity contribution in [3.05, 3.63) is 41.5 Å². The summed E-state index contributed by atoms with van der Waals surface area (Å²) in [6.07, 6.45) is 1.82. The van der Waals surface area contributed by atoms with Gasteiger partial charge in [-0.05, 0) is 32.4 Å². The van der Waals surface area contributed by atoms with Gasteiger partial charge in [0.1, 0.15) is 24.0 Å². The quantitative estimate of drug-likeness (QED) is 0.273. The molecule has 1 atom stereocenters. The molecule has 2 N–H and O–H groups in total. The van der Waals surface area contributed by atoms with Gasteiger partial charge in [-0.2, -0.15) is 5.10 Å². The van der Waals surface area contributed by atoms with Gasteiger partial charge in [0.25, 0.3) is 0 Å². The molecule has 0 aliphatic carbocycles. The smallest absolute Gasteiger partial charge is 0.191 e. The van der Waals surface area contributed by atoms with E-state index in [1.165, 1.54) is 6.07 Å². The Morgan fingerprint density at radius 1 is 1.36 bits per heavy atom. The van der Waals surface area contributed by atoms with Crippen LogP contribution in [0.2, 0.25) is 0 Å². The van der Waals surface area contributed by atoms with Crippen LogP contribution in [-0.4, -0.2) is 46.5 Å². The van der Waals surface area contributed by atoms with Gasteiger partial charge in [-0.1, -0.05) is 0 Å². The van der Waals surface area contributed by atoms with Gasteiger partial charge in [-0.3, -0.25) is 0 Å². The number of hydrogen-bond acceptors (Lipinski definition) is 4. The summed E-state index contributed by atoms with van der Waals surface area (Å²) in [6, 6.07) is 3.68. The van der Waals surface area contributed by atoms with Gasteiger partial charge in [-0.15, -0.1) is 24.0 Å². The molecule has 0 amide bonds. The Morgan fingerprint density at radius 2 is 2.18 bits per heavy atom. The third kappa shape index (κ3) is 6.01. The van der Waals surface area contributed by atoms with Crippen LogP contribution in [0.5, 0.6) is 5.75 Å². The molecule has 0 saturated heterocycles. The van der Waals surface area contributed by atoms with Crippen LogP contribution in [0.3, 0.4) is 0 Å². The topological polar surface area (TPSA) is 76.4 Å². The molecule has 0 radical (unpaired) electrons. The molecule has 154 valence electrons. The molecular formula is C18H25F2IN6O. The molecule has 2 aromatic rings. The van der Waals surface area contributed by atoms with Crippen LogP contribution in [0, 0.1) is 18.6 Å². The van der Waals surface area contributed by atoms with Crippen molar-refractivity contribution in [3.63, 3.8) is 0 Å². The van der Waals surface area contributed by atoms with Crippen LogP contribution < -0.4 is 15.4 Å². The number of halogens is 3. The van der Waals surface area contributed by atoms with Gasteiger partial charge >= 0.3 is 0 Å². The fraction of sp³-hybridized carbons (Fsp3) is 0.500. The summed E-state index contributed by atoms with van der Waals surface area (Å²) in [5, 5.41) is 11.0. The Hall–Kier alpha value is -1.98. The highest BCUT2D eigenvalue weighted by molar-refractivity contribution is 14.0. The zero-order valence-corrected chi connectivity index (χ0v) is 18.2. The molecule has 0 spiro atoms. The monoisotopic (exact) mass is 506 g/mol. The first-order chi connectivity index (χ1) is 13.0. The highest BCUT2D eigenvalue weighted by Gasteiger charge is 2.21. The summed E-state index contributed by atoms with van der Waals surface area (Å²) < 4.78 is 33.4. The fourth-order valence-electron chi connectivity index (χ4n) is 2.95. The highest BCUT2D eigenvalue weighted by Crippen LogP contribution is 2.15. The number of rotatable bonds is 6. The average molecular weight is 506 g/mol. The summed E-state index contributed by atoms with van der Waals surface area (Å²) in [6.45, 7) is 6.01. The minimum Gasteiger partial charge on any atom is -0.492 e. The maximum Gasteiger partial charge on any atom is 0.191 e. The molecule has 7 nitrogen and oxygen atoms in total. The largest absolute Gasteiger partial charge is 0.492 e. The van der Waals surface area contributed by atoms with Gasteiger partial charge < -0.3 is 15.4 Å². The molecule has 0 bridgehead atoms. The first kappa shape index (κ1) is 22.3. The SMILES string of the molecule is CCNC(=NCCOc1ccc(F)c(F)c1)NC1CCc2nc(C)nn2C1.I. The van der Waals surface area contributed by atoms with Crippen molar-refractivity contribution in [2.24, 2.45) is 4.99 Å². The van der Waals surface area contributed by atoms with Crippen LogP contribution in [0.25, 0.3) is 0 Å². The van der Waals surface area contributed by atoms with Crippen LogP contribution in [-0.2, 0) is 13.0 Å². The van der Waals surface area contributed by atoms with E-state index >= 15 is 0 Å². The molecule has 3 rings (SSSR count). The van der Waals surface area contributed by atoms with E-state index in [-0.39, 0.29) is 42.4 Å². The van der Waals surface area contributed by atoms with Gasteiger partial charge in [0, 0.05) is 25.1 Å². The van der Waals surface area contributed by atoms with Crippen molar-refractivity contribution < 1.29 is 13.5 Å². The lowest BCUT2D eigenvalue weighted by Crippen LogP contribution is -2.47. The van der Waals surface area contributed by atoms with E-state index in [9.17, 15) is 8.78 Å². The predicted molar refractivity (Wildman–Crippen MR) is 113 cm³/mol. The lowest BCUT2D eigenvalue weighted by Gasteiger charge is -2.25. The Kier molecular flexibility index (Phi) is 8.39. The summed E-state index contributed by atoms with van der Waals surface area (Å²) in [5.41, 5.74) is 0. The highest BCUT2D eigenvalue weighted by atomic mass is 127. The number of aryl methyl sites for hydroxylation is 2. The van der Waals surface area contributed by atoms with Crippen LogP contribution in [0.4, 0.5) is 8.78 Å². The molecular weight excluding hydrogens is 481 g/mol. The average Bonchev–Trinajstić information content (AvgIpc) is 3.01. The van der Waals surface area contributed by atoms with Crippen molar-refractivity contribution in [1.82, 2.24) is 25.4 Å². The lowest BCUT2D eigenvalue weighted by atomic mass is 10.1. The normalized spacial score (nSPS) is 16.1. The maximum absolute atomic E-state index is 13.2. The number of nitrogens with zero attached hydrogens (tertiary/aromatic N) is 4. The molecule has 28 heavy (non-hydrogen) atoms. The van der Waals surface area contributed by atoms with Gasteiger partial charge in [0.15, 0.2) is 17.6 Å². The molecule has 1 aromatic heterocycles. The summed E-state index contributed by atoms with van der Waals surface area (Å²) in [5.74, 6) is 0.969. The number of hydrogen-bond donors (Lipinski definition) is 2. The molecule has 1 aromatic carbocycles. The molecule has 0 saturated carbocycles. The van der Waals surface area contributed by atoms with Gasteiger partial charge in [0.2, 0.25) is 0 Å². The van der Waals surface area contributed by atoms with E-state index in [0.29, 0.717) is 12.5 Å². The Bertz CT molecular complexity index is 813. The number of ether oxygens (including phenoxy) is 1. The Morgan fingerprint density at radius 3 is 2.93 bits per heavy atom. The summed E-state index contributed by atoms with van der Waals surface area (Å²) in [7, 11) is 0. The molecule has 0 fully saturated rings. The summed E-state index contributed by atoms with van der Waals surface area (Å²) >= 11 is 0. The van der Waals surface area contributed by atoms with Crippen LogP contribution in [0.1, 0.15) is 25.0 Å². The van der Waals surface area contributed by atoms with Crippen molar-refractivity contribution in [2.75, 3.05) is 19.7 Å². The number of nitrogens with one attached hydrogen (secondary N) is 2. The van der Waals surface area contributed by atoms with Crippen LogP contribution in [0.15, 0.2) is 23.2 Å². The number of aliphatic imine (C=N–C) groups is 1. The predicted octanol–water partition coefficient (Wildman–Crippen LogP) is 2.43. The molecule has 1 unspecified atom stereocenters. The number of fused-ring (bicyclic) bond motifs is 1. The lowest BCUT2D eigenvalue weighted by molar-refractivity contribution is 0.324. The second-order valence-corrected chi connectivity index (χ2v) is 6.32. The first-order valence-corrected chi connectivity index (χ1v) is 9.08. The van der Waals surface area contributed by atoms with Crippen molar-refractivity contribution >= 4 is 29.9 Å². The zero-order valence-electron chi connectivity index (χ0n) is 15.9. The van der Waals surface area contributed by atoms with E-state index in [1.54, 1.807) is 0 Å². The Balaban J connectivity index is 0.00000280. The van der Waals surface area contributed by atoms with E-state index in [4.69, 9.17) is 4.74 Å². The maximum atomic E-state index is 13.2. The second kappa shape index (κ2) is 10.5. The molecule has 2 heterocycles.